The molecule has 0 unspecified atom stereocenters. The highest BCUT2D eigenvalue weighted by atomic mass is 32.2. The number of para-hydroxylation sites is 1. The van der Waals surface area contributed by atoms with Crippen molar-refractivity contribution in [3.8, 4) is 0 Å². The summed E-state index contributed by atoms with van der Waals surface area (Å²) >= 11 is 0. The second kappa shape index (κ2) is 8.69. The van der Waals surface area contributed by atoms with Crippen molar-refractivity contribution in [3.63, 3.8) is 0 Å². The lowest BCUT2D eigenvalue weighted by Crippen LogP contribution is -2.60. The van der Waals surface area contributed by atoms with Crippen molar-refractivity contribution in [1.29, 1.82) is 0 Å². The van der Waals surface area contributed by atoms with Gasteiger partial charge in [0.1, 0.15) is 0 Å². The van der Waals surface area contributed by atoms with E-state index >= 15 is 0 Å². The number of hydrogen-bond acceptors (Lipinski definition) is 6. The number of esters is 1. The lowest BCUT2D eigenvalue weighted by Gasteiger charge is -2.57. The van der Waals surface area contributed by atoms with Gasteiger partial charge >= 0.3 is 5.97 Å². The van der Waals surface area contributed by atoms with Crippen LogP contribution in [0.4, 0.5) is 0 Å². The van der Waals surface area contributed by atoms with Crippen molar-refractivity contribution < 1.29 is 27.6 Å². The number of hydrogen-bond donors (Lipinski definition) is 2. The van der Waals surface area contributed by atoms with Crippen LogP contribution in [-0.2, 0) is 31.8 Å². The lowest BCUT2D eigenvalue weighted by atomic mass is 9.62. The van der Waals surface area contributed by atoms with E-state index in [1.165, 1.54) is 18.1 Å². The number of nitrogens with zero attached hydrogens (tertiary/aromatic N) is 2. The maximum atomic E-state index is 12.8. The monoisotopic (exact) mass is 478 g/mol. The van der Waals surface area contributed by atoms with Gasteiger partial charge in [0.2, 0.25) is 5.72 Å². The fraction of sp³-hybridized carbons (Fsp3) is 0.625. The molecule has 182 valence electrons. The summed E-state index contributed by atoms with van der Waals surface area (Å²) in [7, 11) is -2.30. The molecule has 0 aliphatic carbocycles. The van der Waals surface area contributed by atoms with Gasteiger partial charge in [-0.2, -0.15) is 8.42 Å². The fourth-order valence-corrected chi connectivity index (χ4v) is 6.87. The Balaban J connectivity index is 0.000000325. The summed E-state index contributed by atoms with van der Waals surface area (Å²) in [5.74, 6) is -0.678. The van der Waals surface area contributed by atoms with Crippen molar-refractivity contribution in [2.45, 2.75) is 64.1 Å². The fourth-order valence-electron chi connectivity index (χ4n) is 6.36. The van der Waals surface area contributed by atoms with E-state index in [1.54, 1.807) is 6.92 Å². The summed E-state index contributed by atoms with van der Waals surface area (Å²) in [6, 6.07) is 8.45. The van der Waals surface area contributed by atoms with E-state index in [4.69, 9.17) is 9.29 Å². The number of aliphatic hydroxyl groups is 1. The molecule has 8 nitrogen and oxygen atoms in total. The highest BCUT2D eigenvalue weighted by molar-refractivity contribution is 7.85. The Bertz CT molecular complexity index is 1160. The first-order valence-corrected chi connectivity index (χ1v) is 13.4. The van der Waals surface area contributed by atoms with E-state index in [0.29, 0.717) is 12.8 Å². The lowest BCUT2D eigenvalue weighted by molar-refractivity contribution is -0.194. The first kappa shape index (κ1) is 24.2. The largest absolute Gasteiger partial charge is 0.465 e. The minimum Gasteiger partial charge on any atom is -0.465 e. The maximum absolute atomic E-state index is 12.8. The maximum Gasteiger partial charge on any atom is 0.359 e. The van der Waals surface area contributed by atoms with Crippen molar-refractivity contribution in [2.75, 3.05) is 26.0 Å². The molecule has 5 rings (SSSR count). The molecule has 0 amide bonds. The highest BCUT2D eigenvalue weighted by Crippen LogP contribution is 2.60. The molecule has 33 heavy (non-hydrogen) atoms. The van der Waals surface area contributed by atoms with Crippen molar-refractivity contribution in [3.05, 3.63) is 35.5 Å². The van der Waals surface area contributed by atoms with Gasteiger partial charge in [0.05, 0.1) is 24.4 Å². The molecule has 2 N–H and O–H groups in total. The molecule has 2 aromatic rings. The number of methoxy groups -OCH3 is 1. The van der Waals surface area contributed by atoms with Crippen LogP contribution in [0.3, 0.4) is 0 Å². The molecule has 1 aromatic heterocycles. The van der Waals surface area contributed by atoms with Gasteiger partial charge in [-0.15, -0.1) is 0 Å². The average Bonchev–Trinajstić information content (AvgIpc) is 3.13. The van der Waals surface area contributed by atoms with E-state index < -0.39 is 21.8 Å². The van der Waals surface area contributed by atoms with Gasteiger partial charge in [0, 0.05) is 24.0 Å². The van der Waals surface area contributed by atoms with E-state index in [0.717, 1.165) is 50.0 Å². The average molecular weight is 479 g/mol. The predicted octanol–water partition coefficient (Wildman–Crippen LogP) is 3.24. The number of ether oxygens (including phenoxy) is 1. The van der Waals surface area contributed by atoms with Crippen LogP contribution in [0.2, 0.25) is 0 Å². The molecular weight excluding hydrogens is 444 g/mol. The van der Waals surface area contributed by atoms with Crippen molar-refractivity contribution >= 4 is 27.0 Å². The Hall–Kier alpha value is -1.94. The van der Waals surface area contributed by atoms with E-state index in [-0.39, 0.29) is 17.2 Å². The second-order valence-corrected chi connectivity index (χ2v) is 11.1. The van der Waals surface area contributed by atoms with Crippen molar-refractivity contribution in [2.24, 2.45) is 5.41 Å². The summed E-state index contributed by atoms with van der Waals surface area (Å²) in [5.41, 5.74) is 1.69. The SMILES string of the molecule is CCCS(=O)(=O)O.CC[C@]12CCCN3CCc4c(n(c5ccccc45)[C@@](O)(C(=O)OC)C1)[C@@H]32. The topological polar surface area (TPSA) is 109 Å². The Labute approximate surface area is 195 Å². The number of benzene rings is 1. The van der Waals surface area contributed by atoms with Crippen LogP contribution in [0.1, 0.15) is 63.3 Å². The zero-order valence-electron chi connectivity index (χ0n) is 19.6. The zero-order valence-corrected chi connectivity index (χ0v) is 20.4. The van der Waals surface area contributed by atoms with Crippen LogP contribution in [0.15, 0.2) is 24.3 Å². The summed E-state index contributed by atoms with van der Waals surface area (Å²) in [5, 5.41) is 12.9. The predicted molar refractivity (Wildman–Crippen MR) is 125 cm³/mol. The summed E-state index contributed by atoms with van der Waals surface area (Å²) in [4.78, 5) is 15.4. The van der Waals surface area contributed by atoms with Crippen LogP contribution in [0.25, 0.3) is 10.9 Å². The third-order valence-corrected chi connectivity index (χ3v) is 8.56. The molecule has 1 saturated heterocycles. The Morgan fingerprint density at radius 2 is 1.97 bits per heavy atom. The van der Waals surface area contributed by atoms with Gasteiger partial charge in [-0.3, -0.25) is 9.45 Å². The molecule has 9 heteroatoms. The third-order valence-electron chi connectivity index (χ3n) is 7.64. The number of aromatic nitrogens is 1. The Morgan fingerprint density at radius 3 is 2.58 bits per heavy atom. The van der Waals surface area contributed by atoms with Crippen LogP contribution in [0, 0.1) is 5.41 Å². The molecular formula is C24H34N2O6S. The molecule has 1 fully saturated rings. The quantitative estimate of drug-likeness (QED) is 0.513. The van der Waals surface area contributed by atoms with E-state index in [2.05, 4.69) is 17.9 Å². The molecule has 3 aliphatic heterocycles. The Morgan fingerprint density at radius 1 is 1.24 bits per heavy atom. The normalized spacial score (nSPS) is 28.6. The van der Waals surface area contributed by atoms with Crippen LogP contribution in [-0.4, -0.2) is 59.5 Å². The molecule has 3 atom stereocenters. The number of piperidine rings is 1. The highest BCUT2D eigenvalue weighted by Gasteiger charge is 2.60. The minimum atomic E-state index is -3.67. The number of carbonyl (C=O) groups is 1. The zero-order chi connectivity index (χ0) is 24.0. The van der Waals surface area contributed by atoms with Gasteiger partial charge in [0.25, 0.3) is 10.1 Å². The Kier molecular flexibility index (Phi) is 6.37. The molecule has 4 heterocycles. The summed E-state index contributed by atoms with van der Waals surface area (Å²) in [6.45, 7) is 6.05. The third kappa shape index (κ3) is 3.88. The first-order valence-electron chi connectivity index (χ1n) is 11.7. The van der Waals surface area contributed by atoms with Gasteiger partial charge in [0.15, 0.2) is 0 Å². The number of rotatable bonds is 4. The van der Waals surface area contributed by atoms with E-state index in [1.807, 2.05) is 22.8 Å². The first-order chi connectivity index (χ1) is 15.6. The molecule has 3 aliphatic rings. The summed E-state index contributed by atoms with van der Waals surface area (Å²) in [6.07, 6.45) is 4.99. The molecule has 0 radical (unpaired) electrons. The minimum absolute atomic E-state index is 0.0826. The molecule has 0 spiro atoms. The number of fused-ring (bicyclic) bond motifs is 3. The van der Waals surface area contributed by atoms with Gasteiger partial charge in [-0.1, -0.05) is 32.0 Å². The summed E-state index contributed by atoms with van der Waals surface area (Å²) < 4.78 is 34.6. The van der Waals surface area contributed by atoms with Gasteiger partial charge in [-0.05, 0) is 55.7 Å². The van der Waals surface area contributed by atoms with Gasteiger partial charge in [-0.25, -0.2) is 4.79 Å². The van der Waals surface area contributed by atoms with Crippen LogP contribution in [0.5, 0.6) is 0 Å². The standard InChI is InChI=1S/C21H26N2O3.C3H8O3S/c1-3-20-10-6-11-22-12-9-15-14-7-4-5-8-16(14)23(17(15)18(20)22)21(25,13-20)19(24)26-2;1-2-3-7(4,5)6/h4-5,7-8,18,25H,3,6,9-13H2,1-2H3;2-3H2,1H3,(H,4,5,6)/t18-,20+,21+;/m1./s1. The van der Waals surface area contributed by atoms with Crippen LogP contribution >= 0.6 is 0 Å². The smallest absolute Gasteiger partial charge is 0.359 e. The molecule has 0 saturated carbocycles. The number of carbonyl (C=O) groups excluding carboxylic acids is 1. The van der Waals surface area contributed by atoms with Crippen LogP contribution < -0.4 is 0 Å². The van der Waals surface area contributed by atoms with Crippen molar-refractivity contribution in [1.82, 2.24) is 9.47 Å². The molecule has 1 aromatic carbocycles. The van der Waals surface area contributed by atoms with Gasteiger partial charge < -0.3 is 14.4 Å². The second-order valence-electron chi connectivity index (χ2n) is 9.50. The molecule has 0 bridgehead atoms. The van der Waals surface area contributed by atoms with E-state index in [9.17, 15) is 18.3 Å².